The third-order valence-corrected chi connectivity index (χ3v) is 7.91. The highest BCUT2D eigenvalue weighted by Gasteiger charge is 2.33. The van der Waals surface area contributed by atoms with Gasteiger partial charge in [0.2, 0.25) is 5.91 Å². The molecule has 24 heavy (non-hydrogen) atoms. The van der Waals surface area contributed by atoms with Gasteiger partial charge in [0.15, 0.2) is 0 Å². The molecule has 1 unspecified atom stereocenters. The normalized spacial score (nSPS) is 19.1. The van der Waals surface area contributed by atoms with Crippen molar-refractivity contribution in [3.63, 3.8) is 0 Å². The van der Waals surface area contributed by atoms with Crippen molar-refractivity contribution in [3.05, 3.63) is 46.3 Å². The number of thiophene rings is 1. The molecule has 1 aliphatic rings. The second-order valence-corrected chi connectivity index (χ2v) is 9.57. The number of halogens is 1. The molecular weight excluding hydrogens is 412 g/mol. The van der Waals surface area contributed by atoms with Crippen LogP contribution in [0.1, 0.15) is 12.8 Å². The Balaban J connectivity index is 1.72. The lowest BCUT2D eigenvalue weighted by atomic mass is 9.99. The summed E-state index contributed by atoms with van der Waals surface area (Å²) in [5.41, 5.74) is 0.695. The number of carbonyl (C=O) groups is 1. The summed E-state index contributed by atoms with van der Waals surface area (Å²) in [6.07, 6.45) is 1.37. The van der Waals surface area contributed by atoms with E-state index in [1.165, 1.54) is 15.6 Å². The summed E-state index contributed by atoms with van der Waals surface area (Å²) < 4.78 is 27.8. The summed E-state index contributed by atoms with van der Waals surface area (Å²) in [6, 6.07) is 10.7. The van der Waals surface area contributed by atoms with E-state index in [2.05, 4.69) is 21.2 Å². The minimum Gasteiger partial charge on any atom is -0.325 e. The molecule has 8 heteroatoms. The Morgan fingerprint density at radius 3 is 2.75 bits per heavy atom. The van der Waals surface area contributed by atoms with Crippen molar-refractivity contribution in [1.29, 1.82) is 0 Å². The molecule has 1 fully saturated rings. The van der Waals surface area contributed by atoms with Gasteiger partial charge in [-0.3, -0.25) is 4.79 Å². The number of hydrogen-bond acceptors (Lipinski definition) is 4. The number of nitrogens with zero attached hydrogens (tertiary/aromatic N) is 1. The molecule has 1 aliphatic heterocycles. The summed E-state index contributed by atoms with van der Waals surface area (Å²) in [5, 5.41) is 4.63. The zero-order valence-corrected chi connectivity index (χ0v) is 16.0. The molecule has 0 spiro atoms. The summed E-state index contributed by atoms with van der Waals surface area (Å²) >= 11 is 4.60. The number of piperidine rings is 1. The van der Waals surface area contributed by atoms with Crippen LogP contribution in [0.15, 0.2) is 50.5 Å². The van der Waals surface area contributed by atoms with E-state index in [0.717, 1.165) is 4.47 Å². The Morgan fingerprint density at radius 1 is 1.25 bits per heavy atom. The second-order valence-electron chi connectivity index (χ2n) is 5.60. The quantitative estimate of drug-likeness (QED) is 0.809. The maximum absolute atomic E-state index is 12.6. The van der Waals surface area contributed by atoms with E-state index < -0.39 is 10.0 Å². The first-order valence-electron chi connectivity index (χ1n) is 7.57. The molecule has 1 aromatic carbocycles. The first-order valence-corrected chi connectivity index (χ1v) is 10.7. The molecule has 2 heterocycles. The van der Waals surface area contributed by atoms with Crippen LogP contribution in [0.3, 0.4) is 0 Å². The van der Waals surface area contributed by atoms with Gasteiger partial charge in [-0.05, 0) is 52.4 Å². The zero-order valence-electron chi connectivity index (χ0n) is 12.8. The minimum absolute atomic E-state index is 0.145. The van der Waals surface area contributed by atoms with Crippen LogP contribution >= 0.6 is 27.3 Å². The van der Waals surface area contributed by atoms with Crippen molar-refractivity contribution in [2.24, 2.45) is 5.92 Å². The Hall–Kier alpha value is -1.22. The van der Waals surface area contributed by atoms with Crippen molar-refractivity contribution in [2.45, 2.75) is 17.1 Å². The number of sulfonamides is 1. The van der Waals surface area contributed by atoms with E-state index in [1.807, 2.05) is 24.3 Å². The van der Waals surface area contributed by atoms with Gasteiger partial charge in [-0.15, -0.1) is 11.3 Å². The summed E-state index contributed by atoms with van der Waals surface area (Å²) in [7, 11) is -3.50. The molecule has 1 aromatic heterocycles. The number of benzene rings is 1. The van der Waals surface area contributed by atoms with Gasteiger partial charge in [0.05, 0.1) is 11.6 Å². The highest BCUT2D eigenvalue weighted by Crippen LogP contribution is 2.28. The number of nitrogens with one attached hydrogen (secondary N) is 1. The predicted molar refractivity (Wildman–Crippen MR) is 98.6 cm³/mol. The molecular formula is C16H17BrN2O3S2. The van der Waals surface area contributed by atoms with Gasteiger partial charge >= 0.3 is 0 Å². The fourth-order valence-electron chi connectivity index (χ4n) is 2.71. The number of rotatable bonds is 4. The number of amides is 1. The molecule has 3 rings (SSSR count). The number of hydrogen-bond donors (Lipinski definition) is 1. The lowest BCUT2D eigenvalue weighted by Gasteiger charge is -2.30. The van der Waals surface area contributed by atoms with Gasteiger partial charge in [-0.25, -0.2) is 8.42 Å². The van der Waals surface area contributed by atoms with Crippen LogP contribution in [0.25, 0.3) is 0 Å². The first-order chi connectivity index (χ1) is 11.5. The molecule has 1 saturated heterocycles. The standard InChI is InChI=1S/C16H17BrN2O3S2/c17-13-6-1-2-7-14(13)18-16(20)12-5-3-9-19(11-12)24(21,22)15-8-4-10-23-15/h1-2,4,6-8,10,12H,3,5,9,11H2,(H,18,20). The topological polar surface area (TPSA) is 66.5 Å². The van der Waals surface area contributed by atoms with E-state index in [9.17, 15) is 13.2 Å². The van der Waals surface area contributed by atoms with E-state index in [1.54, 1.807) is 17.5 Å². The molecule has 0 bridgehead atoms. The lowest BCUT2D eigenvalue weighted by molar-refractivity contribution is -0.120. The maximum Gasteiger partial charge on any atom is 0.252 e. The lowest BCUT2D eigenvalue weighted by Crippen LogP contribution is -2.43. The summed E-state index contributed by atoms with van der Waals surface area (Å²) in [6.45, 7) is 0.676. The molecule has 2 aromatic rings. The third-order valence-electron chi connectivity index (χ3n) is 3.98. The van der Waals surface area contributed by atoms with Gasteiger partial charge in [0, 0.05) is 17.6 Å². The Labute approximate surface area is 153 Å². The monoisotopic (exact) mass is 428 g/mol. The van der Waals surface area contributed by atoms with Crippen LogP contribution in [0, 0.1) is 5.92 Å². The Bertz CT molecular complexity index is 822. The molecule has 1 amide bonds. The van der Waals surface area contributed by atoms with E-state index in [0.29, 0.717) is 29.3 Å². The van der Waals surface area contributed by atoms with Gasteiger partial charge in [-0.2, -0.15) is 4.31 Å². The van der Waals surface area contributed by atoms with Crippen molar-refractivity contribution in [3.8, 4) is 0 Å². The Morgan fingerprint density at radius 2 is 2.04 bits per heavy atom. The van der Waals surface area contributed by atoms with Crippen LogP contribution < -0.4 is 5.32 Å². The fourth-order valence-corrected chi connectivity index (χ4v) is 5.76. The molecule has 1 N–H and O–H groups in total. The molecule has 0 aliphatic carbocycles. The van der Waals surface area contributed by atoms with Gasteiger partial charge in [0.1, 0.15) is 4.21 Å². The average molecular weight is 429 g/mol. The van der Waals surface area contributed by atoms with E-state index in [4.69, 9.17) is 0 Å². The van der Waals surface area contributed by atoms with Gasteiger partial charge in [-0.1, -0.05) is 18.2 Å². The van der Waals surface area contributed by atoms with Crippen molar-refractivity contribution >= 4 is 48.9 Å². The smallest absolute Gasteiger partial charge is 0.252 e. The SMILES string of the molecule is O=C(Nc1ccccc1Br)C1CCCN(S(=O)(=O)c2cccs2)C1. The molecule has 128 valence electrons. The van der Waals surface area contributed by atoms with E-state index in [-0.39, 0.29) is 18.4 Å². The first kappa shape index (κ1) is 17.6. The van der Waals surface area contributed by atoms with Crippen molar-refractivity contribution in [2.75, 3.05) is 18.4 Å². The van der Waals surface area contributed by atoms with Crippen molar-refractivity contribution < 1.29 is 13.2 Å². The average Bonchev–Trinajstić information content (AvgIpc) is 3.12. The van der Waals surface area contributed by atoms with Crippen molar-refractivity contribution in [1.82, 2.24) is 4.31 Å². The fraction of sp³-hybridized carbons (Fsp3) is 0.312. The predicted octanol–water partition coefficient (Wildman–Crippen LogP) is 3.55. The Kier molecular flexibility index (Phi) is 5.39. The molecule has 0 radical (unpaired) electrons. The molecule has 0 saturated carbocycles. The highest BCUT2D eigenvalue weighted by atomic mass is 79.9. The summed E-state index contributed by atoms with van der Waals surface area (Å²) in [5.74, 6) is -0.492. The number of para-hydroxylation sites is 1. The van der Waals surface area contributed by atoms with Gasteiger partial charge < -0.3 is 5.32 Å². The highest BCUT2D eigenvalue weighted by molar-refractivity contribution is 9.10. The van der Waals surface area contributed by atoms with Crippen LogP contribution in [0.5, 0.6) is 0 Å². The van der Waals surface area contributed by atoms with Crippen LogP contribution in [-0.4, -0.2) is 31.7 Å². The summed E-state index contributed by atoms with van der Waals surface area (Å²) in [4.78, 5) is 12.5. The van der Waals surface area contributed by atoms with E-state index >= 15 is 0 Å². The zero-order chi connectivity index (χ0) is 17.2. The molecule has 1 atom stereocenters. The third kappa shape index (κ3) is 3.72. The largest absolute Gasteiger partial charge is 0.325 e. The van der Waals surface area contributed by atoms with Crippen LogP contribution in [0.4, 0.5) is 5.69 Å². The van der Waals surface area contributed by atoms with Crippen LogP contribution in [-0.2, 0) is 14.8 Å². The maximum atomic E-state index is 12.6. The number of carbonyl (C=O) groups excluding carboxylic acids is 1. The van der Waals surface area contributed by atoms with Gasteiger partial charge in [0.25, 0.3) is 10.0 Å². The molecule has 5 nitrogen and oxygen atoms in total. The number of anilines is 1. The van der Waals surface area contributed by atoms with Crippen LogP contribution in [0.2, 0.25) is 0 Å². The minimum atomic E-state index is -3.50. The second kappa shape index (κ2) is 7.35.